The summed E-state index contributed by atoms with van der Waals surface area (Å²) in [5, 5.41) is 6.61. The number of carbonyl (C=O) groups excluding carboxylic acids is 1. The molecule has 126 valence electrons. The van der Waals surface area contributed by atoms with Crippen molar-refractivity contribution in [1.82, 2.24) is 15.3 Å². The van der Waals surface area contributed by atoms with Crippen molar-refractivity contribution in [1.29, 1.82) is 0 Å². The van der Waals surface area contributed by atoms with Gasteiger partial charge in [0.1, 0.15) is 11.5 Å². The Labute approximate surface area is 145 Å². The number of aryl methyl sites for hydroxylation is 1. The van der Waals surface area contributed by atoms with Crippen LogP contribution >= 0.6 is 11.6 Å². The monoisotopic (exact) mass is 346 g/mol. The first-order valence-corrected chi connectivity index (χ1v) is 8.24. The van der Waals surface area contributed by atoms with Crippen LogP contribution in [0.4, 0.5) is 11.5 Å². The van der Waals surface area contributed by atoms with Crippen LogP contribution in [0.5, 0.6) is 0 Å². The minimum Gasteiger partial charge on any atom is -0.376 e. The molecule has 1 aromatic carbocycles. The quantitative estimate of drug-likeness (QED) is 0.870. The predicted octanol–water partition coefficient (Wildman–Crippen LogP) is 3.09. The van der Waals surface area contributed by atoms with Crippen molar-refractivity contribution in [3.8, 4) is 0 Å². The third-order valence-electron chi connectivity index (χ3n) is 3.86. The van der Waals surface area contributed by atoms with Gasteiger partial charge in [-0.3, -0.25) is 4.79 Å². The molecule has 1 aliphatic heterocycles. The fraction of sp³-hybridized carbons (Fsp3) is 0.353. The SMILES string of the molecule is Cc1ccc(Cl)cc1Nc1cnc(C(=O)NCC2CCCO2)cn1. The highest BCUT2D eigenvalue weighted by atomic mass is 35.5. The Balaban J connectivity index is 1.60. The first-order valence-electron chi connectivity index (χ1n) is 7.87. The van der Waals surface area contributed by atoms with Crippen molar-refractivity contribution >= 4 is 29.0 Å². The van der Waals surface area contributed by atoms with E-state index in [-0.39, 0.29) is 17.7 Å². The maximum absolute atomic E-state index is 12.1. The van der Waals surface area contributed by atoms with E-state index in [1.54, 1.807) is 0 Å². The Kier molecular flexibility index (Phi) is 5.27. The summed E-state index contributed by atoms with van der Waals surface area (Å²) in [4.78, 5) is 20.5. The van der Waals surface area contributed by atoms with E-state index in [1.807, 2.05) is 25.1 Å². The number of aromatic nitrogens is 2. The highest BCUT2D eigenvalue weighted by Gasteiger charge is 2.17. The fourth-order valence-corrected chi connectivity index (χ4v) is 2.65. The Morgan fingerprint density at radius 3 is 2.96 bits per heavy atom. The molecule has 0 bridgehead atoms. The van der Waals surface area contributed by atoms with Gasteiger partial charge >= 0.3 is 0 Å². The van der Waals surface area contributed by atoms with E-state index in [0.717, 1.165) is 30.7 Å². The van der Waals surface area contributed by atoms with Gasteiger partial charge in [-0.1, -0.05) is 17.7 Å². The van der Waals surface area contributed by atoms with Crippen LogP contribution in [0.1, 0.15) is 28.9 Å². The molecule has 24 heavy (non-hydrogen) atoms. The Morgan fingerprint density at radius 2 is 2.25 bits per heavy atom. The van der Waals surface area contributed by atoms with Crippen molar-refractivity contribution in [2.45, 2.75) is 25.9 Å². The molecule has 1 amide bonds. The minimum absolute atomic E-state index is 0.105. The lowest BCUT2D eigenvalue weighted by molar-refractivity contribution is 0.0853. The number of nitrogens with zero attached hydrogens (tertiary/aromatic N) is 2. The fourth-order valence-electron chi connectivity index (χ4n) is 2.48. The number of rotatable bonds is 5. The van der Waals surface area contributed by atoms with E-state index in [4.69, 9.17) is 16.3 Å². The number of hydrogen-bond donors (Lipinski definition) is 2. The molecule has 1 fully saturated rings. The molecule has 2 N–H and O–H groups in total. The molecule has 1 aromatic heterocycles. The molecule has 1 atom stereocenters. The van der Waals surface area contributed by atoms with Crippen LogP contribution < -0.4 is 10.6 Å². The summed E-state index contributed by atoms with van der Waals surface area (Å²) in [5.41, 5.74) is 2.17. The Hall–Kier alpha value is -2.18. The zero-order chi connectivity index (χ0) is 16.9. The molecule has 1 unspecified atom stereocenters. The highest BCUT2D eigenvalue weighted by molar-refractivity contribution is 6.30. The third kappa shape index (κ3) is 4.21. The average molecular weight is 347 g/mol. The number of halogens is 1. The maximum atomic E-state index is 12.1. The molecule has 0 spiro atoms. The highest BCUT2D eigenvalue weighted by Crippen LogP contribution is 2.22. The molecule has 3 rings (SSSR count). The lowest BCUT2D eigenvalue weighted by Gasteiger charge is -2.11. The van der Waals surface area contributed by atoms with Crippen molar-refractivity contribution in [3.05, 3.63) is 46.9 Å². The van der Waals surface area contributed by atoms with E-state index in [2.05, 4.69) is 20.6 Å². The smallest absolute Gasteiger partial charge is 0.271 e. The average Bonchev–Trinajstić information content (AvgIpc) is 3.10. The molecular formula is C17H19ClN4O2. The lowest BCUT2D eigenvalue weighted by Crippen LogP contribution is -2.32. The summed E-state index contributed by atoms with van der Waals surface area (Å²) < 4.78 is 5.47. The van der Waals surface area contributed by atoms with Crippen molar-refractivity contribution < 1.29 is 9.53 Å². The van der Waals surface area contributed by atoms with Crippen molar-refractivity contribution in [2.24, 2.45) is 0 Å². The molecule has 1 aliphatic rings. The molecule has 0 saturated carbocycles. The predicted molar refractivity (Wildman–Crippen MR) is 92.8 cm³/mol. The first kappa shape index (κ1) is 16.7. The van der Waals surface area contributed by atoms with Crippen LogP contribution in [0.15, 0.2) is 30.6 Å². The van der Waals surface area contributed by atoms with Gasteiger partial charge in [-0.15, -0.1) is 0 Å². The topological polar surface area (TPSA) is 76.1 Å². The summed E-state index contributed by atoms with van der Waals surface area (Å²) in [6, 6.07) is 5.57. The van der Waals surface area contributed by atoms with E-state index in [9.17, 15) is 4.79 Å². The maximum Gasteiger partial charge on any atom is 0.271 e. The van der Waals surface area contributed by atoms with E-state index >= 15 is 0 Å². The molecule has 2 heterocycles. The molecule has 0 radical (unpaired) electrons. The number of nitrogens with one attached hydrogen (secondary N) is 2. The van der Waals surface area contributed by atoms with Gasteiger partial charge in [0.05, 0.1) is 18.5 Å². The number of anilines is 2. The van der Waals surface area contributed by atoms with Gasteiger partial charge in [0, 0.05) is 23.9 Å². The van der Waals surface area contributed by atoms with Crippen LogP contribution in [-0.4, -0.2) is 35.1 Å². The number of ether oxygens (including phenoxy) is 1. The van der Waals surface area contributed by atoms with Gasteiger partial charge in [-0.05, 0) is 37.5 Å². The summed E-state index contributed by atoms with van der Waals surface area (Å²) >= 11 is 6.00. The van der Waals surface area contributed by atoms with Crippen molar-refractivity contribution in [3.63, 3.8) is 0 Å². The van der Waals surface area contributed by atoms with Crippen LogP contribution in [0.2, 0.25) is 5.02 Å². The summed E-state index contributed by atoms with van der Waals surface area (Å²) in [7, 11) is 0. The van der Waals surface area contributed by atoms with Gasteiger partial charge in [0.15, 0.2) is 0 Å². The van der Waals surface area contributed by atoms with Crippen LogP contribution in [0.25, 0.3) is 0 Å². The van der Waals surface area contributed by atoms with Gasteiger partial charge in [0.2, 0.25) is 0 Å². The molecular weight excluding hydrogens is 328 g/mol. The van der Waals surface area contributed by atoms with Gasteiger partial charge in [-0.2, -0.15) is 0 Å². The Bertz CT molecular complexity index is 715. The second-order valence-electron chi connectivity index (χ2n) is 5.72. The third-order valence-corrected chi connectivity index (χ3v) is 4.10. The normalized spacial score (nSPS) is 16.8. The largest absolute Gasteiger partial charge is 0.376 e. The zero-order valence-electron chi connectivity index (χ0n) is 13.4. The van der Waals surface area contributed by atoms with E-state index in [1.165, 1.54) is 12.4 Å². The van der Waals surface area contributed by atoms with Gasteiger partial charge in [-0.25, -0.2) is 9.97 Å². The van der Waals surface area contributed by atoms with E-state index < -0.39 is 0 Å². The molecule has 7 heteroatoms. The zero-order valence-corrected chi connectivity index (χ0v) is 14.1. The second kappa shape index (κ2) is 7.59. The molecule has 6 nitrogen and oxygen atoms in total. The number of benzene rings is 1. The van der Waals surface area contributed by atoms with E-state index in [0.29, 0.717) is 17.4 Å². The minimum atomic E-state index is -0.247. The van der Waals surface area contributed by atoms with Crippen LogP contribution in [0, 0.1) is 6.92 Å². The Morgan fingerprint density at radius 1 is 1.38 bits per heavy atom. The summed E-state index contributed by atoms with van der Waals surface area (Å²) in [5.74, 6) is 0.305. The molecule has 1 saturated heterocycles. The number of amides is 1. The summed E-state index contributed by atoms with van der Waals surface area (Å²) in [6.45, 7) is 3.24. The second-order valence-corrected chi connectivity index (χ2v) is 6.15. The standard InChI is InChI=1S/C17H19ClN4O2/c1-11-4-5-12(18)7-14(11)22-16-10-19-15(9-20-16)17(23)21-8-13-3-2-6-24-13/h4-5,7,9-10,13H,2-3,6,8H2,1H3,(H,20,22)(H,21,23). The lowest BCUT2D eigenvalue weighted by atomic mass is 10.2. The summed E-state index contributed by atoms with van der Waals surface area (Å²) in [6.07, 6.45) is 5.11. The van der Waals surface area contributed by atoms with Gasteiger partial charge in [0.25, 0.3) is 5.91 Å². The van der Waals surface area contributed by atoms with Crippen molar-refractivity contribution in [2.75, 3.05) is 18.5 Å². The van der Waals surface area contributed by atoms with Crippen LogP contribution in [0.3, 0.4) is 0 Å². The first-order chi connectivity index (χ1) is 11.6. The van der Waals surface area contributed by atoms with Crippen LogP contribution in [-0.2, 0) is 4.74 Å². The molecule has 0 aliphatic carbocycles. The van der Waals surface area contributed by atoms with Gasteiger partial charge < -0.3 is 15.4 Å². The number of carbonyl (C=O) groups is 1. The molecule has 2 aromatic rings. The number of hydrogen-bond acceptors (Lipinski definition) is 5.